The summed E-state index contributed by atoms with van der Waals surface area (Å²) in [5.74, 6) is 0.693. The Kier molecular flexibility index (Phi) is 5.46. The standard InChI is InChI=1S/C22H30N6O2/c1-6-22(4,5)28-20(24-25-26-28)19(27-7-9-30-10-8-27)17-13-16-15(3)11-14(2)12-18(16)23-21(17)29/h11-13,19H,6-10H2,1-5H3,(H,23,29)/t19-/m1/s1. The molecule has 0 amide bonds. The zero-order valence-corrected chi connectivity index (χ0v) is 18.4. The van der Waals surface area contributed by atoms with Crippen molar-refractivity contribution >= 4 is 10.9 Å². The summed E-state index contributed by atoms with van der Waals surface area (Å²) >= 11 is 0. The number of fused-ring (bicyclic) bond motifs is 1. The molecular weight excluding hydrogens is 380 g/mol. The third-order valence-corrected chi connectivity index (χ3v) is 6.22. The number of aromatic amines is 1. The van der Waals surface area contributed by atoms with Gasteiger partial charge in [0.25, 0.3) is 5.56 Å². The molecule has 1 aliphatic heterocycles. The number of aryl methyl sites for hydroxylation is 2. The Morgan fingerprint density at radius 2 is 1.93 bits per heavy atom. The maximum atomic E-state index is 13.3. The first-order chi connectivity index (χ1) is 14.3. The number of morpholine rings is 1. The summed E-state index contributed by atoms with van der Waals surface area (Å²) in [5, 5.41) is 13.7. The number of hydrogen-bond donors (Lipinski definition) is 1. The maximum absolute atomic E-state index is 13.3. The lowest BCUT2D eigenvalue weighted by Crippen LogP contribution is -2.43. The van der Waals surface area contributed by atoms with Crippen LogP contribution in [0.1, 0.15) is 55.7 Å². The third kappa shape index (κ3) is 3.65. The largest absolute Gasteiger partial charge is 0.379 e. The number of H-pyrrole nitrogens is 1. The number of aromatic nitrogens is 5. The molecule has 0 saturated carbocycles. The molecule has 0 spiro atoms. The molecule has 0 aliphatic carbocycles. The number of pyridine rings is 1. The third-order valence-electron chi connectivity index (χ3n) is 6.22. The second-order valence-corrected chi connectivity index (χ2v) is 8.76. The van der Waals surface area contributed by atoms with E-state index in [4.69, 9.17) is 4.74 Å². The quantitative estimate of drug-likeness (QED) is 0.696. The van der Waals surface area contributed by atoms with Gasteiger partial charge in [-0.2, -0.15) is 0 Å². The predicted molar refractivity (Wildman–Crippen MR) is 116 cm³/mol. The summed E-state index contributed by atoms with van der Waals surface area (Å²) in [5.41, 5.74) is 3.42. The molecule has 1 atom stereocenters. The van der Waals surface area contributed by atoms with Gasteiger partial charge in [0.05, 0.1) is 18.8 Å². The van der Waals surface area contributed by atoms with Crippen molar-refractivity contribution in [1.82, 2.24) is 30.1 Å². The first-order valence-electron chi connectivity index (χ1n) is 10.6. The van der Waals surface area contributed by atoms with Crippen LogP contribution in [0.25, 0.3) is 10.9 Å². The molecule has 160 valence electrons. The SMILES string of the molecule is CCC(C)(C)n1nnnc1[C@@H](c1cc2c(C)cc(C)cc2[nH]c1=O)N1CCOCC1. The zero-order chi connectivity index (χ0) is 21.5. The van der Waals surface area contributed by atoms with Crippen LogP contribution in [-0.2, 0) is 10.3 Å². The molecule has 0 unspecified atom stereocenters. The molecule has 4 rings (SSSR count). The summed E-state index contributed by atoms with van der Waals surface area (Å²) in [6.07, 6.45) is 0.868. The van der Waals surface area contributed by atoms with Crippen LogP contribution in [0.15, 0.2) is 23.0 Å². The van der Waals surface area contributed by atoms with Crippen LogP contribution in [0.2, 0.25) is 0 Å². The van der Waals surface area contributed by atoms with Crippen LogP contribution in [0, 0.1) is 13.8 Å². The lowest BCUT2D eigenvalue weighted by atomic mass is 9.98. The molecule has 1 aromatic carbocycles. The number of benzene rings is 1. The minimum Gasteiger partial charge on any atom is -0.379 e. The van der Waals surface area contributed by atoms with Gasteiger partial charge in [-0.3, -0.25) is 9.69 Å². The molecule has 0 bridgehead atoms. The van der Waals surface area contributed by atoms with Crippen molar-refractivity contribution in [3.8, 4) is 0 Å². The molecule has 3 aromatic rings. The zero-order valence-electron chi connectivity index (χ0n) is 18.4. The van der Waals surface area contributed by atoms with E-state index in [0.29, 0.717) is 37.7 Å². The van der Waals surface area contributed by atoms with E-state index in [9.17, 15) is 4.79 Å². The topological polar surface area (TPSA) is 88.9 Å². The van der Waals surface area contributed by atoms with Crippen molar-refractivity contribution in [3.63, 3.8) is 0 Å². The molecule has 1 aliphatic rings. The van der Waals surface area contributed by atoms with Crippen molar-refractivity contribution in [2.24, 2.45) is 0 Å². The summed E-state index contributed by atoms with van der Waals surface area (Å²) in [7, 11) is 0. The van der Waals surface area contributed by atoms with E-state index in [2.05, 4.69) is 59.2 Å². The highest BCUT2D eigenvalue weighted by atomic mass is 16.5. The minimum atomic E-state index is -0.344. The molecule has 2 aromatic heterocycles. The van der Waals surface area contributed by atoms with Gasteiger partial charge in [0.1, 0.15) is 6.04 Å². The smallest absolute Gasteiger partial charge is 0.253 e. The average molecular weight is 411 g/mol. The van der Waals surface area contributed by atoms with E-state index in [1.54, 1.807) is 0 Å². The fourth-order valence-electron chi connectivity index (χ4n) is 4.17. The van der Waals surface area contributed by atoms with E-state index in [1.807, 2.05) is 23.7 Å². The van der Waals surface area contributed by atoms with Gasteiger partial charge in [-0.25, -0.2) is 4.68 Å². The Morgan fingerprint density at radius 3 is 2.63 bits per heavy atom. The number of ether oxygens (including phenoxy) is 1. The van der Waals surface area contributed by atoms with Crippen LogP contribution < -0.4 is 5.56 Å². The highest BCUT2D eigenvalue weighted by Crippen LogP contribution is 2.31. The highest BCUT2D eigenvalue weighted by molar-refractivity contribution is 5.83. The Labute approximate surface area is 176 Å². The van der Waals surface area contributed by atoms with E-state index in [1.165, 1.54) is 0 Å². The van der Waals surface area contributed by atoms with Crippen molar-refractivity contribution in [2.75, 3.05) is 26.3 Å². The Bertz CT molecular complexity index is 1110. The minimum absolute atomic E-state index is 0.104. The highest BCUT2D eigenvalue weighted by Gasteiger charge is 2.35. The van der Waals surface area contributed by atoms with Crippen LogP contribution in [0.3, 0.4) is 0 Å². The Morgan fingerprint density at radius 1 is 1.20 bits per heavy atom. The number of rotatable bonds is 5. The fourth-order valence-corrected chi connectivity index (χ4v) is 4.17. The van der Waals surface area contributed by atoms with Gasteiger partial charge in [-0.15, -0.1) is 5.10 Å². The van der Waals surface area contributed by atoms with Gasteiger partial charge in [-0.05, 0) is 67.8 Å². The fraction of sp³-hybridized carbons (Fsp3) is 0.545. The molecule has 8 heteroatoms. The van der Waals surface area contributed by atoms with Crippen LogP contribution in [0.5, 0.6) is 0 Å². The summed E-state index contributed by atoms with van der Waals surface area (Å²) in [4.78, 5) is 18.6. The molecule has 1 saturated heterocycles. The van der Waals surface area contributed by atoms with Gasteiger partial charge < -0.3 is 9.72 Å². The van der Waals surface area contributed by atoms with E-state index < -0.39 is 0 Å². The molecule has 0 radical (unpaired) electrons. The van der Waals surface area contributed by atoms with Gasteiger partial charge in [0, 0.05) is 29.6 Å². The van der Waals surface area contributed by atoms with Crippen molar-refractivity contribution in [3.05, 3.63) is 51.1 Å². The average Bonchev–Trinajstić information content (AvgIpc) is 3.20. The van der Waals surface area contributed by atoms with E-state index in [0.717, 1.165) is 28.5 Å². The second-order valence-electron chi connectivity index (χ2n) is 8.76. The lowest BCUT2D eigenvalue weighted by molar-refractivity contribution is 0.0204. The number of tetrazole rings is 1. The van der Waals surface area contributed by atoms with E-state index in [-0.39, 0.29) is 17.1 Å². The maximum Gasteiger partial charge on any atom is 0.253 e. The first-order valence-corrected chi connectivity index (χ1v) is 10.6. The number of nitrogens with one attached hydrogen (secondary N) is 1. The monoisotopic (exact) mass is 410 g/mol. The summed E-state index contributed by atoms with van der Waals surface area (Å²) < 4.78 is 7.44. The van der Waals surface area contributed by atoms with Crippen LogP contribution in [0.4, 0.5) is 0 Å². The molecule has 3 heterocycles. The lowest BCUT2D eigenvalue weighted by Gasteiger charge is -2.35. The molecular formula is C22H30N6O2. The van der Waals surface area contributed by atoms with Crippen molar-refractivity contribution < 1.29 is 4.74 Å². The number of hydrogen-bond acceptors (Lipinski definition) is 6. The van der Waals surface area contributed by atoms with Gasteiger partial charge in [0.15, 0.2) is 5.82 Å². The molecule has 1 N–H and O–H groups in total. The van der Waals surface area contributed by atoms with Gasteiger partial charge in [-0.1, -0.05) is 13.0 Å². The van der Waals surface area contributed by atoms with Gasteiger partial charge >= 0.3 is 0 Å². The summed E-state index contributed by atoms with van der Waals surface area (Å²) in [6, 6.07) is 5.82. The van der Waals surface area contributed by atoms with Crippen LogP contribution >= 0.6 is 0 Å². The second kappa shape index (κ2) is 7.92. The predicted octanol–water partition coefficient (Wildman–Crippen LogP) is 2.70. The normalized spacial score (nSPS) is 16.8. The molecule has 30 heavy (non-hydrogen) atoms. The summed E-state index contributed by atoms with van der Waals surface area (Å²) in [6.45, 7) is 13.1. The van der Waals surface area contributed by atoms with Crippen molar-refractivity contribution in [1.29, 1.82) is 0 Å². The van der Waals surface area contributed by atoms with E-state index >= 15 is 0 Å². The number of nitrogens with zero attached hydrogens (tertiary/aromatic N) is 5. The van der Waals surface area contributed by atoms with Gasteiger partial charge in [0.2, 0.25) is 0 Å². The Balaban J connectivity index is 1.93. The first kappa shape index (κ1) is 20.7. The molecule has 8 nitrogen and oxygen atoms in total. The molecule has 1 fully saturated rings. The van der Waals surface area contributed by atoms with Crippen molar-refractivity contribution in [2.45, 2.75) is 52.6 Å². The van der Waals surface area contributed by atoms with Crippen LogP contribution in [-0.4, -0.2) is 56.4 Å². The Hall–Kier alpha value is -2.58.